The van der Waals surface area contributed by atoms with E-state index in [-0.39, 0.29) is 23.9 Å². The number of benzene rings is 1. The van der Waals surface area contributed by atoms with Crippen LogP contribution in [0.5, 0.6) is 5.75 Å². The zero-order chi connectivity index (χ0) is 23.8. The van der Waals surface area contributed by atoms with Gasteiger partial charge in [-0.25, -0.2) is 4.98 Å². The molecule has 0 bridgehead atoms. The van der Waals surface area contributed by atoms with Gasteiger partial charge in [0.15, 0.2) is 0 Å². The number of nitrogens with zero attached hydrogens (tertiary/aromatic N) is 3. The molecule has 1 spiro atoms. The molecule has 0 aliphatic carbocycles. The summed E-state index contributed by atoms with van der Waals surface area (Å²) in [5, 5.41) is 0. The maximum Gasteiger partial charge on any atom is 0.416 e. The molecule has 2 aromatic rings. The first-order valence-corrected chi connectivity index (χ1v) is 11.1. The number of carbonyl (C=O) groups excluding carboxylic acids is 1. The molecule has 5 nitrogen and oxygen atoms in total. The lowest BCUT2D eigenvalue weighted by atomic mass is 9.83. The van der Waals surface area contributed by atoms with Crippen molar-refractivity contribution >= 4 is 11.7 Å². The minimum atomic E-state index is -4.49. The number of carbonyl (C=O) groups is 1. The predicted molar refractivity (Wildman–Crippen MR) is 120 cm³/mol. The Labute approximate surface area is 191 Å². The number of alkyl halides is 3. The summed E-state index contributed by atoms with van der Waals surface area (Å²) in [6.45, 7) is 7.49. The molecule has 1 aromatic carbocycles. The van der Waals surface area contributed by atoms with Crippen LogP contribution in [0.25, 0.3) is 0 Å². The number of likely N-dealkylation sites (tertiary alicyclic amines) is 1. The van der Waals surface area contributed by atoms with Crippen LogP contribution < -0.4 is 9.64 Å². The van der Waals surface area contributed by atoms with E-state index in [1.165, 1.54) is 11.0 Å². The van der Waals surface area contributed by atoms with Crippen molar-refractivity contribution in [1.82, 2.24) is 9.88 Å². The quantitative estimate of drug-likeness (QED) is 0.616. The Kier molecular flexibility index (Phi) is 6.22. The van der Waals surface area contributed by atoms with Gasteiger partial charge in [-0.1, -0.05) is 18.2 Å². The normalized spacial score (nSPS) is 23.7. The van der Waals surface area contributed by atoms with Gasteiger partial charge in [0.2, 0.25) is 0 Å². The highest BCUT2D eigenvalue weighted by Crippen LogP contribution is 2.41. The molecule has 33 heavy (non-hydrogen) atoms. The van der Waals surface area contributed by atoms with E-state index in [9.17, 15) is 18.0 Å². The number of rotatable bonds is 5. The minimum absolute atomic E-state index is 0.0408. The molecule has 0 saturated carbocycles. The van der Waals surface area contributed by atoms with Crippen LogP contribution in [0, 0.1) is 0 Å². The van der Waals surface area contributed by atoms with Crippen molar-refractivity contribution in [2.75, 3.05) is 11.4 Å². The fourth-order valence-corrected chi connectivity index (χ4v) is 4.77. The van der Waals surface area contributed by atoms with Crippen molar-refractivity contribution in [1.29, 1.82) is 0 Å². The molecule has 3 heterocycles. The van der Waals surface area contributed by atoms with Gasteiger partial charge >= 0.3 is 6.18 Å². The van der Waals surface area contributed by atoms with E-state index >= 15 is 0 Å². The van der Waals surface area contributed by atoms with Gasteiger partial charge in [0.1, 0.15) is 11.6 Å². The van der Waals surface area contributed by atoms with Crippen LogP contribution in [0.4, 0.5) is 19.0 Å². The van der Waals surface area contributed by atoms with E-state index in [1.807, 2.05) is 38.1 Å². The van der Waals surface area contributed by atoms with Gasteiger partial charge in [0, 0.05) is 31.4 Å². The highest BCUT2D eigenvalue weighted by molar-refractivity contribution is 6.05. The predicted octanol–water partition coefficient (Wildman–Crippen LogP) is 5.21. The summed E-state index contributed by atoms with van der Waals surface area (Å²) in [6.07, 6.45) is 1.22. The van der Waals surface area contributed by atoms with E-state index in [0.717, 1.165) is 36.2 Å². The maximum absolute atomic E-state index is 13.2. The number of hydrogen-bond acceptors (Lipinski definition) is 4. The van der Waals surface area contributed by atoms with Crippen LogP contribution in [0.3, 0.4) is 0 Å². The van der Waals surface area contributed by atoms with Gasteiger partial charge < -0.3 is 4.74 Å². The summed E-state index contributed by atoms with van der Waals surface area (Å²) in [6, 6.07) is 10.0. The summed E-state index contributed by atoms with van der Waals surface area (Å²) in [5.74, 6) is 0.537. The number of ether oxygens (including phenoxy) is 1. The summed E-state index contributed by atoms with van der Waals surface area (Å²) in [5.41, 5.74) is -0.353. The average molecular weight is 460 g/mol. The third-order valence-electron chi connectivity index (χ3n) is 6.26. The summed E-state index contributed by atoms with van der Waals surface area (Å²) >= 11 is 0. The van der Waals surface area contributed by atoms with Gasteiger partial charge in [-0.15, -0.1) is 0 Å². The lowest BCUT2D eigenvalue weighted by Gasteiger charge is -2.47. The van der Waals surface area contributed by atoms with E-state index in [4.69, 9.17) is 4.74 Å². The van der Waals surface area contributed by atoms with Crippen molar-refractivity contribution in [2.45, 2.75) is 64.0 Å². The number of aromatic nitrogens is 1. The second-order valence-corrected chi connectivity index (χ2v) is 9.10. The molecule has 0 N–H and O–H groups in total. The Morgan fingerprint density at radius 3 is 2.73 bits per heavy atom. The van der Waals surface area contributed by atoms with E-state index in [1.54, 1.807) is 0 Å². The molecule has 8 heteroatoms. The molecular formula is C25H28F3N3O2. The largest absolute Gasteiger partial charge is 0.491 e. The molecular weight excluding hydrogens is 431 g/mol. The monoisotopic (exact) mass is 459 g/mol. The Morgan fingerprint density at radius 1 is 1.24 bits per heavy atom. The van der Waals surface area contributed by atoms with Crippen molar-refractivity contribution in [2.24, 2.45) is 0 Å². The summed E-state index contributed by atoms with van der Waals surface area (Å²) in [4.78, 5) is 20.6. The number of hydrogen-bond donors (Lipinski definition) is 0. The van der Waals surface area contributed by atoms with Crippen LogP contribution in [-0.2, 0) is 17.5 Å². The minimum Gasteiger partial charge on any atom is -0.491 e. The zero-order valence-corrected chi connectivity index (χ0v) is 19.0. The highest BCUT2D eigenvalue weighted by atomic mass is 19.4. The number of pyridine rings is 1. The molecule has 1 amide bonds. The van der Waals surface area contributed by atoms with Crippen molar-refractivity contribution in [3.63, 3.8) is 0 Å². The first-order chi connectivity index (χ1) is 15.6. The van der Waals surface area contributed by atoms with Gasteiger partial charge in [0.05, 0.1) is 17.2 Å². The maximum atomic E-state index is 13.2. The van der Waals surface area contributed by atoms with E-state index in [2.05, 4.69) is 22.9 Å². The lowest BCUT2D eigenvalue weighted by Crippen LogP contribution is -2.56. The number of amides is 1. The lowest BCUT2D eigenvalue weighted by molar-refractivity contribution is -0.137. The third-order valence-corrected chi connectivity index (χ3v) is 6.26. The molecule has 2 aliphatic heterocycles. The molecule has 176 valence electrons. The van der Waals surface area contributed by atoms with Crippen LogP contribution >= 0.6 is 0 Å². The first kappa shape index (κ1) is 23.3. The van der Waals surface area contributed by atoms with Gasteiger partial charge in [-0.2, -0.15) is 13.2 Å². The fraction of sp³-hybridized carbons (Fsp3) is 0.440. The number of anilines is 1. The summed E-state index contributed by atoms with van der Waals surface area (Å²) < 4.78 is 45.5. The molecule has 0 unspecified atom stereocenters. The molecule has 1 fully saturated rings. The van der Waals surface area contributed by atoms with E-state index < -0.39 is 17.3 Å². The van der Waals surface area contributed by atoms with E-state index in [0.29, 0.717) is 19.4 Å². The summed E-state index contributed by atoms with van der Waals surface area (Å²) in [7, 11) is 0. The molecule has 2 atom stereocenters. The topological polar surface area (TPSA) is 45.7 Å². The standard InChI is InChI=1S/C25H28F3N3O2/c1-17(2)33-21-6-4-5-19(13-21)16-30-12-10-24(15-18(30)3)9-7-23(32)31(24)22-14-20(8-11-29-22)25(26,27)28/h4-9,11,13-14,17-18H,10,12,15-16H2,1-3H3/t18-,24+/m0/s1. The molecule has 0 radical (unpaired) electrons. The van der Waals surface area contributed by atoms with Crippen molar-refractivity contribution < 1.29 is 22.7 Å². The van der Waals surface area contributed by atoms with Gasteiger partial charge in [-0.3, -0.25) is 14.6 Å². The SMILES string of the molecule is CC(C)Oc1cccc(CN2CC[C@]3(C=CC(=O)N3c3cc(C(F)(F)F)ccn3)C[C@@H]2C)c1. The number of halogens is 3. The Balaban J connectivity index is 1.52. The number of piperidine rings is 1. The average Bonchev–Trinajstić information content (AvgIpc) is 3.05. The van der Waals surface area contributed by atoms with Crippen LogP contribution in [-0.4, -0.2) is 40.0 Å². The van der Waals surface area contributed by atoms with Gasteiger partial charge in [0.25, 0.3) is 5.91 Å². The zero-order valence-electron chi connectivity index (χ0n) is 19.0. The van der Waals surface area contributed by atoms with Crippen molar-refractivity contribution in [3.8, 4) is 5.75 Å². The van der Waals surface area contributed by atoms with Crippen LogP contribution in [0.15, 0.2) is 54.7 Å². The fourth-order valence-electron chi connectivity index (χ4n) is 4.77. The smallest absolute Gasteiger partial charge is 0.416 e. The molecule has 1 aromatic heterocycles. The molecule has 2 aliphatic rings. The Morgan fingerprint density at radius 2 is 2.03 bits per heavy atom. The van der Waals surface area contributed by atoms with Crippen molar-refractivity contribution in [3.05, 3.63) is 65.9 Å². The Bertz CT molecular complexity index is 1050. The molecule has 4 rings (SSSR count). The third kappa shape index (κ3) is 4.90. The second-order valence-electron chi connectivity index (χ2n) is 9.10. The van der Waals surface area contributed by atoms with Gasteiger partial charge in [-0.05, 0) is 63.4 Å². The van der Waals surface area contributed by atoms with Crippen LogP contribution in [0.2, 0.25) is 0 Å². The first-order valence-electron chi connectivity index (χ1n) is 11.1. The molecule has 1 saturated heterocycles. The highest BCUT2D eigenvalue weighted by Gasteiger charge is 2.47. The van der Waals surface area contributed by atoms with Crippen LogP contribution in [0.1, 0.15) is 44.7 Å². The Hall–Kier alpha value is -2.87. The second kappa shape index (κ2) is 8.82.